The molecule has 0 aliphatic rings. The van der Waals surface area contributed by atoms with Crippen molar-refractivity contribution in [3.05, 3.63) is 54.7 Å². The summed E-state index contributed by atoms with van der Waals surface area (Å²) in [5.74, 6) is 0. The quantitative estimate of drug-likeness (QED) is 0.664. The van der Waals surface area contributed by atoms with Crippen molar-refractivity contribution >= 4 is 17.0 Å². The Labute approximate surface area is 129 Å². The van der Waals surface area contributed by atoms with Gasteiger partial charge in [0.15, 0.2) is 0 Å². The molecule has 0 bridgehead atoms. The molecule has 112 valence electrons. The Morgan fingerprint density at radius 1 is 1.05 bits per heavy atom. The van der Waals surface area contributed by atoms with Crippen molar-refractivity contribution in [2.45, 2.75) is 26.4 Å². The van der Waals surface area contributed by atoms with Gasteiger partial charge in [-0.25, -0.2) is 9.78 Å². The molecule has 0 unspecified atom stereocenters. The number of benzene rings is 1. The Morgan fingerprint density at radius 3 is 2.59 bits per heavy atom. The minimum absolute atomic E-state index is 0.401. The lowest BCUT2D eigenvalue weighted by Crippen LogP contribution is -2.27. The van der Waals surface area contributed by atoms with Gasteiger partial charge in [-0.1, -0.05) is 24.3 Å². The lowest BCUT2D eigenvalue weighted by molar-refractivity contribution is 0.0540. The summed E-state index contributed by atoms with van der Waals surface area (Å²) < 4.78 is 6.92. The maximum Gasteiger partial charge on any atom is 0.419 e. The largest absolute Gasteiger partial charge is 0.443 e. The molecule has 4 heteroatoms. The topological polar surface area (TPSA) is 44.1 Å². The van der Waals surface area contributed by atoms with Crippen LogP contribution in [0, 0.1) is 0 Å². The number of carbonyl (C=O) groups excluding carboxylic acids is 1. The normalized spacial score (nSPS) is 11.6. The van der Waals surface area contributed by atoms with Crippen LogP contribution in [0.1, 0.15) is 20.8 Å². The average molecular weight is 294 g/mol. The van der Waals surface area contributed by atoms with Crippen molar-refractivity contribution in [2.24, 2.45) is 0 Å². The number of pyridine rings is 1. The van der Waals surface area contributed by atoms with Gasteiger partial charge in [0.05, 0.1) is 16.9 Å². The number of rotatable bonds is 1. The van der Waals surface area contributed by atoms with Gasteiger partial charge in [0, 0.05) is 11.6 Å². The van der Waals surface area contributed by atoms with Crippen LogP contribution in [0.25, 0.3) is 22.3 Å². The highest BCUT2D eigenvalue weighted by Crippen LogP contribution is 2.22. The van der Waals surface area contributed by atoms with Crippen molar-refractivity contribution in [3.63, 3.8) is 0 Å². The van der Waals surface area contributed by atoms with Crippen molar-refractivity contribution in [2.75, 3.05) is 0 Å². The van der Waals surface area contributed by atoms with Gasteiger partial charge in [0.1, 0.15) is 5.60 Å². The number of aromatic nitrogens is 2. The van der Waals surface area contributed by atoms with Gasteiger partial charge in [0.2, 0.25) is 0 Å². The van der Waals surface area contributed by atoms with E-state index in [1.54, 1.807) is 6.20 Å². The van der Waals surface area contributed by atoms with Crippen LogP contribution in [0.15, 0.2) is 54.7 Å². The molecule has 2 aromatic heterocycles. The Hall–Kier alpha value is -2.62. The van der Waals surface area contributed by atoms with E-state index in [0.717, 1.165) is 22.3 Å². The number of nitrogens with zero attached hydrogens (tertiary/aromatic N) is 2. The van der Waals surface area contributed by atoms with E-state index in [4.69, 9.17) is 4.74 Å². The minimum Gasteiger partial charge on any atom is -0.443 e. The zero-order chi connectivity index (χ0) is 15.7. The first-order valence-electron chi connectivity index (χ1n) is 7.21. The third-order valence-electron chi connectivity index (χ3n) is 3.20. The molecule has 3 rings (SSSR count). The monoisotopic (exact) mass is 294 g/mol. The molecule has 0 radical (unpaired) electrons. The molecule has 3 aromatic rings. The predicted octanol–water partition coefficient (Wildman–Crippen LogP) is 4.49. The van der Waals surface area contributed by atoms with Gasteiger partial charge in [-0.2, -0.15) is 0 Å². The van der Waals surface area contributed by atoms with Gasteiger partial charge in [-0.05, 0) is 45.0 Å². The number of hydrogen-bond acceptors (Lipinski definition) is 3. The summed E-state index contributed by atoms with van der Waals surface area (Å²) in [7, 11) is 0. The molecular weight excluding hydrogens is 276 g/mol. The highest BCUT2D eigenvalue weighted by Gasteiger charge is 2.20. The lowest BCUT2D eigenvalue weighted by atomic mass is 10.2. The van der Waals surface area contributed by atoms with Crippen LogP contribution in [0.5, 0.6) is 0 Å². The fraction of sp³-hybridized carbons (Fsp3) is 0.222. The highest BCUT2D eigenvalue weighted by molar-refractivity contribution is 5.83. The van der Waals surface area contributed by atoms with E-state index in [2.05, 4.69) is 4.98 Å². The van der Waals surface area contributed by atoms with Crippen molar-refractivity contribution in [1.29, 1.82) is 0 Å². The number of ether oxygens (including phenoxy) is 1. The van der Waals surface area contributed by atoms with Crippen molar-refractivity contribution < 1.29 is 9.53 Å². The molecule has 2 heterocycles. The molecule has 0 spiro atoms. The van der Waals surface area contributed by atoms with Gasteiger partial charge in [-0.3, -0.25) is 4.57 Å². The second kappa shape index (κ2) is 5.30. The molecule has 4 nitrogen and oxygen atoms in total. The zero-order valence-corrected chi connectivity index (χ0v) is 12.9. The van der Waals surface area contributed by atoms with Crippen LogP contribution in [-0.2, 0) is 4.74 Å². The van der Waals surface area contributed by atoms with Crippen molar-refractivity contribution in [1.82, 2.24) is 9.55 Å². The first kappa shape index (κ1) is 14.3. The fourth-order valence-electron chi connectivity index (χ4n) is 2.27. The van der Waals surface area contributed by atoms with Crippen LogP contribution in [0.2, 0.25) is 0 Å². The first-order chi connectivity index (χ1) is 10.4. The molecule has 0 atom stereocenters. The molecule has 22 heavy (non-hydrogen) atoms. The molecular formula is C18H18N2O2. The van der Waals surface area contributed by atoms with E-state index in [1.807, 2.05) is 69.3 Å². The Balaban J connectivity index is 2.01. The second-order valence-electron chi connectivity index (χ2n) is 6.13. The van der Waals surface area contributed by atoms with E-state index in [1.165, 1.54) is 4.57 Å². The molecule has 0 aliphatic heterocycles. The first-order valence-corrected chi connectivity index (χ1v) is 7.21. The van der Waals surface area contributed by atoms with Gasteiger partial charge < -0.3 is 4.74 Å². The Kier molecular flexibility index (Phi) is 3.45. The summed E-state index contributed by atoms with van der Waals surface area (Å²) in [5.41, 5.74) is 1.83. The molecule has 0 N–H and O–H groups in total. The Bertz CT molecular complexity index is 828. The zero-order valence-electron chi connectivity index (χ0n) is 12.9. The number of hydrogen-bond donors (Lipinski definition) is 0. The number of fused-ring (bicyclic) bond motifs is 1. The fourth-order valence-corrected chi connectivity index (χ4v) is 2.27. The average Bonchev–Trinajstić information content (AvgIpc) is 2.94. The SMILES string of the molecule is CC(C)(C)OC(=O)n1cccc1-c1ccc2ccccc2n1. The van der Waals surface area contributed by atoms with Crippen LogP contribution in [0.3, 0.4) is 0 Å². The van der Waals surface area contributed by atoms with Gasteiger partial charge >= 0.3 is 6.09 Å². The maximum absolute atomic E-state index is 12.3. The van der Waals surface area contributed by atoms with Crippen molar-refractivity contribution in [3.8, 4) is 11.4 Å². The van der Waals surface area contributed by atoms with Gasteiger partial charge in [-0.15, -0.1) is 0 Å². The molecule has 0 saturated carbocycles. The third kappa shape index (κ3) is 2.86. The number of carbonyl (C=O) groups is 1. The summed E-state index contributed by atoms with van der Waals surface area (Å²) >= 11 is 0. The van der Waals surface area contributed by atoms with Gasteiger partial charge in [0.25, 0.3) is 0 Å². The van der Waals surface area contributed by atoms with E-state index in [0.29, 0.717) is 0 Å². The molecule has 0 saturated heterocycles. The maximum atomic E-state index is 12.3. The lowest BCUT2D eigenvalue weighted by Gasteiger charge is -2.20. The van der Waals surface area contributed by atoms with E-state index in [-0.39, 0.29) is 0 Å². The highest BCUT2D eigenvalue weighted by atomic mass is 16.6. The van der Waals surface area contributed by atoms with Crippen LogP contribution >= 0.6 is 0 Å². The summed E-state index contributed by atoms with van der Waals surface area (Å²) in [6.07, 6.45) is 1.29. The van der Waals surface area contributed by atoms with Crippen LogP contribution < -0.4 is 0 Å². The van der Waals surface area contributed by atoms with Crippen LogP contribution in [0.4, 0.5) is 4.79 Å². The Morgan fingerprint density at radius 2 is 1.82 bits per heavy atom. The minimum atomic E-state index is -0.532. The summed E-state index contributed by atoms with van der Waals surface area (Å²) in [5, 5.41) is 1.07. The second-order valence-corrected chi connectivity index (χ2v) is 6.13. The van der Waals surface area contributed by atoms with E-state index in [9.17, 15) is 4.79 Å². The summed E-state index contributed by atoms with van der Waals surface area (Å²) in [6, 6.07) is 15.5. The van der Waals surface area contributed by atoms with E-state index >= 15 is 0 Å². The smallest absolute Gasteiger partial charge is 0.419 e. The standard InChI is InChI=1S/C18H18N2O2/c1-18(2,3)22-17(21)20-12-6-9-16(20)15-11-10-13-7-4-5-8-14(13)19-15/h4-12H,1-3H3. The molecule has 1 aromatic carbocycles. The summed E-state index contributed by atoms with van der Waals surface area (Å²) in [4.78, 5) is 16.9. The molecule has 0 fully saturated rings. The molecule has 0 aliphatic carbocycles. The summed E-state index contributed by atoms with van der Waals surface area (Å²) in [6.45, 7) is 5.55. The van der Waals surface area contributed by atoms with Crippen LogP contribution in [-0.4, -0.2) is 21.2 Å². The third-order valence-corrected chi connectivity index (χ3v) is 3.20. The molecule has 0 amide bonds. The predicted molar refractivity (Wildman–Crippen MR) is 86.8 cm³/mol. The number of para-hydroxylation sites is 1. The van der Waals surface area contributed by atoms with E-state index < -0.39 is 11.7 Å².